The lowest BCUT2D eigenvalue weighted by molar-refractivity contribution is 0.0792. The van der Waals surface area contributed by atoms with Crippen LogP contribution in [0.2, 0.25) is 0 Å². The normalized spacial score (nSPS) is 17.0. The molecule has 1 unspecified atom stereocenters. The van der Waals surface area contributed by atoms with Crippen LogP contribution < -0.4 is 4.72 Å². The summed E-state index contributed by atoms with van der Waals surface area (Å²) in [5, 5.41) is 0. The fraction of sp³-hybridized carbons (Fsp3) is 0.533. The number of carbonyl (C=O) groups is 1. The number of nitrogens with one attached hydrogen (secondary N) is 1. The largest absolute Gasteiger partial charge is 0.339 e. The van der Waals surface area contributed by atoms with Crippen molar-refractivity contribution < 1.29 is 13.2 Å². The molecule has 5 nitrogen and oxygen atoms in total. The van der Waals surface area contributed by atoms with Gasteiger partial charge < -0.3 is 4.90 Å². The summed E-state index contributed by atoms with van der Waals surface area (Å²) in [7, 11) is -3.51. The van der Waals surface area contributed by atoms with Gasteiger partial charge in [0.05, 0.1) is 4.90 Å². The number of likely N-dealkylation sites (tertiary alicyclic amines) is 1. The molecule has 21 heavy (non-hydrogen) atoms. The van der Waals surface area contributed by atoms with Gasteiger partial charge in [-0.25, -0.2) is 13.1 Å². The molecule has 1 heterocycles. The lowest BCUT2D eigenvalue weighted by Gasteiger charge is -2.16. The second-order valence-electron chi connectivity index (χ2n) is 5.45. The summed E-state index contributed by atoms with van der Waals surface area (Å²) < 4.78 is 26.9. The molecule has 1 N–H and O–H groups in total. The van der Waals surface area contributed by atoms with Crippen molar-refractivity contribution >= 4 is 15.9 Å². The van der Waals surface area contributed by atoms with Crippen LogP contribution in [0.4, 0.5) is 0 Å². The molecule has 1 aromatic rings. The van der Waals surface area contributed by atoms with Crippen molar-refractivity contribution in [2.75, 3.05) is 13.1 Å². The van der Waals surface area contributed by atoms with Gasteiger partial charge in [0.25, 0.3) is 5.91 Å². The number of benzene rings is 1. The number of carbonyl (C=O) groups excluding carboxylic acids is 1. The molecule has 2 rings (SSSR count). The van der Waals surface area contributed by atoms with Crippen molar-refractivity contribution in [2.24, 2.45) is 0 Å². The third kappa shape index (κ3) is 3.83. The number of hydrogen-bond donors (Lipinski definition) is 1. The highest BCUT2D eigenvalue weighted by Gasteiger charge is 2.21. The fourth-order valence-electron chi connectivity index (χ4n) is 2.30. The van der Waals surface area contributed by atoms with Crippen LogP contribution in [0, 0.1) is 0 Å². The minimum atomic E-state index is -3.51. The summed E-state index contributed by atoms with van der Waals surface area (Å²) in [6, 6.07) is 6.06. The van der Waals surface area contributed by atoms with Crippen molar-refractivity contribution in [3.8, 4) is 0 Å². The monoisotopic (exact) mass is 310 g/mol. The summed E-state index contributed by atoms with van der Waals surface area (Å²) in [6.45, 7) is 5.32. The van der Waals surface area contributed by atoms with Crippen LogP contribution in [-0.4, -0.2) is 38.4 Å². The lowest BCUT2D eigenvalue weighted by Crippen LogP contribution is -2.32. The summed E-state index contributed by atoms with van der Waals surface area (Å²) in [5.41, 5.74) is 0.541. The molecule has 1 aliphatic heterocycles. The van der Waals surface area contributed by atoms with Gasteiger partial charge in [0.15, 0.2) is 0 Å². The number of amides is 1. The minimum Gasteiger partial charge on any atom is -0.339 e. The Labute approximate surface area is 126 Å². The quantitative estimate of drug-likeness (QED) is 0.904. The average Bonchev–Trinajstić information content (AvgIpc) is 3.00. The van der Waals surface area contributed by atoms with E-state index in [1.165, 1.54) is 12.1 Å². The Morgan fingerprint density at radius 3 is 2.33 bits per heavy atom. The molecular formula is C15H22N2O3S. The molecule has 1 fully saturated rings. The smallest absolute Gasteiger partial charge is 0.253 e. The summed E-state index contributed by atoms with van der Waals surface area (Å²) >= 11 is 0. The predicted octanol–water partition coefficient (Wildman–Crippen LogP) is 2.00. The molecular weight excluding hydrogens is 288 g/mol. The molecule has 0 radical (unpaired) electrons. The third-order valence-corrected chi connectivity index (χ3v) is 5.38. The van der Waals surface area contributed by atoms with Gasteiger partial charge in [-0.15, -0.1) is 0 Å². The highest BCUT2D eigenvalue weighted by atomic mass is 32.2. The molecule has 0 spiro atoms. The summed E-state index contributed by atoms with van der Waals surface area (Å²) in [4.78, 5) is 14.2. The lowest BCUT2D eigenvalue weighted by atomic mass is 10.2. The molecule has 1 atom stereocenters. The first-order chi connectivity index (χ1) is 9.94. The Morgan fingerprint density at radius 2 is 1.81 bits per heavy atom. The first-order valence-corrected chi connectivity index (χ1v) is 8.84. The van der Waals surface area contributed by atoms with Crippen molar-refractivity contribution in [1.82, 2.24) is 9.62 Å². The molecule has 1 aromatic carbocycles. The Morgan fingerprint density at radius 1 is 1.24 bits per heavy atom. The van der Waals surface area contributed by atoms with E-state index in [0.29, 0.717) is 5.56 Å². The maximum absolute atomic E-state index is 12.2. The first-order valence-electron chi connectivity index (χ1n) is 7.35. The highest BCUT2D eigenvalue weighted by Crippen LogP contribution is 2.16. The maximum atomic E-state index is 12.2. The van der Waals surface area contributed by atoms with Gasteiger partial charge in [-0.2, -0.15) is 0 Å². The van der Waals surface area contributed by atoms with E-state index in [0.717, 1.165) is 32.4 Å². The van der Waals surface area contributed by atoms with Crippen molar-refractivity contribution in [3.63, 3.8) is 0 Å². The van der Waals surface area contributed by atoms with Gasteiger partial charge in [0.1, 0.15) is 0 Å². The number of nitrogens with zero attached hydrogens (tertiary/aromatic N) is 1. The number of sulfonamides is 1. The van der Waals surface area contributed by atoms with Gasteiger partial charge in [0, 0.05) is 24.7 Å². The van der Waals surface area contributed by atoms with Crippen molar-refractivity contribution in [3.05, 3.63) is 29.8 Å². The molecule has 0 aliphatic carbocycles. The Hall–Kier alpha value is -1.40. The summed E-state index contributed by atoms with van der Waals surface area (Å²) in [6.07, 6.45) is 2.80. The molecule has 116 valence electrons. The second-order valence-corrected chi connectivity index (χ2v) is 7.17. The Bertz CT molecular complexity index is 590. The third-order valence-electron chi connectivity index (χ3n) is 3.77. The van der Waals surface area contributed by atoms with Crippen LogP contribution in [0.25, 0.3) is 0 Å². The topological polar surface area (TPSA) is 66.5 Å². The minimum absolute atomic E-state index is 0.0219. The van der Waals surface area contributed by atoms with Crippen molar-refractivity contribution in [2.45, 2.75) is 44.0 Å². The molecule has 0 bridgehead atoms. The molecule has 6 heteroatoms. The Kier molecular flexibility index (Phi) is 5.00. The van der Waals surface area contributed by atoms with E-state index in [4.69, 9.17) is 0 Å². The highest BCUT2D eigenvalue weighted by molar-refractivity contribution is 7.89. The van der Waals surface area contributed by atoms with E-state index in [-0.39, 0.29) is 16.8 Å². The van der Waals surface area contributed by atoms with E-state index >= 15 is 0 Å². The van der Waals surface area contributed by atoms with Crippen LogP contribution in [0.15, 0.2) is 29.2 Å². The first kappa shape index (κ1) is 16.0. The van der Waals surface area contributed by atoms with Crippen molar-refractivity contribution in [1.29, 1.82) is 0 Å². The maximum Gasteiger partial charge on any atom is 0.253 e. The zero-order chi connectivity index (χ0) is 15.5. The summed E-state index contributed by atoms with van der Waals surface area (Å²) in [5.74, 6) is -0.0219. The second kappa shape index (κ2) is 6.58. The molecule has 1 amide bonds. The predicted molar refractivity (Wildman–Crippen MR) is 81.7 cm³/mol. The average molecular weight is 310 g/mol. The van der Waals surface area contributed by atoms with Gasteiger partial charge in [-0.1, -0.05) is 6.92 Å². The van der Waals surface area contributed by atoms with Gasteiger partial charge in [-0.3, -0.25) is 4.79 Å². The van der Waals surface area contributed by atoms with E-state index in [9.17, 15) is 13.2 Å². The van der Waals surface area contributed by atoms with Gasteiger partial charge in [-0.05, 0) is 50.5 Å². The van der Waals surface area contributed by atoms with Gasteiger partial charge >= 0.3 is 0 Å². The molecule has 0 saturated carbocycles. The van der Waals surface area contributed by atoms with Gasteiger partial charge in [0.2, 0.25) is 10.0 Å². The van der Waals surface area contributed by atoms with E-state index in [1.807, 2.05) is 13.8 Å². The fourth-order valence-corrected chi connectivity index (χ4v) is 3.62. The van der Waals surface area contributed by atoms with Crippen LogP contribution in [-0.2, 0) is 10.0 Å². The number of hydrogen-bond acceptors (Lipinski definition) is 3. The van der Waals surface area contributed by atoms with E-state index < -0.39 is 10.0 Å². The molecule has 1 saturated heterocycles. The number of rotatable bonds is 5. The Balaban J connectivity index is 2.13. The zero-order valence-corrected chi connectivity index (χ0v) is 13.3. The SMILES string of the molecule is CCC(C)NS(=O)(=O)c1ccc(C(=O)N2CCCC2)cc1. The molecule has 0 aromatic heterocycles. The van der Waals surface area contributed by atoms with E-state index in [2.05, 4.69) is 4.72 Å². The van der Waals surface area contributed by atoms with E-state index in [1.54, 1.807) is 17.0 Å². The van der Waals surface area contributed by atoms with Crippen LogP contribution in [0.3, 0.4) is 0 Å². The standard InChI is InChI=1S/C15H22N2O3S/c1-3-12(2)16-21(19,20)14-8-6-13(7-9-14)15(18)17-10-4-5-11-17/h6-9,12,16H,3-5,10-11H2,1-2H3. The molecule has 1 aliphatic rings. The van der Waals surface area contributed by atoms with Crippen LogP contribution >= 0.6 is 0 Å². The zero-order valence-electron chi connectivity index (χ0n) is 12.5. The van der Waals surface area contributed by atoms with Crippen LogP contribution in [0.5, 0.6) is 0 Å². The van der Waals surface area contributed by atoms with Crippen LogP contribution in [0.1, 0.15) is 43.5 Å².